The normalized spacial score (nSPS) is 27.8. The molecule has 0 aliphatic carbocycles. The number of carbonyl (C=O) groups is 3. The molecule has 3 fully saturated rings. The third kappa shape index (κ3) is 6.28. The number of unbranched alkanes of at least 4 members (excludes halogenated alkanes) is 6. The number of hydrogen-bond donors (Lipinski definition) is 1. The van der Waals surface area contributed by atoms with Crippen molar-refractivity contribution >= 4 is 17.8 Å². The van der Waals surface area contributed by atoms with Gasteiger partial charge in [-0.25, -0.2) is 0 Å². The Morgan fingerprint density at radius 1 is 1.16 bits per heavy atom. The lowest BCUT2D eigenvalue weighted by Gasteiger charge is -2.36. The van der Waals surface area contributed by atoms with Crippen LogP contribution in [0.4, 0.5) is 0 Å². The van der Waals surface area contributed by atoms with Crippen LogP contribution in [-0.4, -0.2) is 83.3 Å². The molecule has 0 aromatic carbocycles. The number of aliphatic hydroxyl groups is 1. The van der Waals surface area contributed by atoms with Gasteiger partial charge < -0.3 is 24.4 Å². The van der Waals surface area contributed by atoms with E-state index in [9.17, 15) is 19.5 Å². The van der Waals surface area contributed by atoms with Crippen molar-refractivity contribution < 1.29 is 29.0 Å². The van der Waals surface area contributed by atoms with Crippen molar-refractivity contribution in [3.8, 4) is 0 Å². The zero-order chi connectivity index (χ0) is 26.8. The number of nitrogens with zero attached hydrogens (tertiary/aromatic N) is 2. The molecule has 8 nitrogen and oxygen atoms in total. The number of likely N-dealkylation sites (tertiary alicyclic amines) is 1. The molecule has 2 amide bonds. The summed E-state index contributed by atoms with van der Waals surface area (Å²) < 4.78 is 12.1. The van der Waals surface area contributed by atoms with E-state index in [2.05, 4.69) is 20.1 Å². The highest BCUT2D eigenvalue weighted by atomic mass is 16.6. The molecule has 2 unspecified atom stereocenters. The van der Waals surface area contributed by atoms with Gasteiger partial charge in [-0.3, -0.25) is 14.4 Å². The highest BCUT2D eigenvalue weighted by Crippen LogP contribution is 2.58. The molecule has 3 saturated heterocycles. The van der Waals surface area contributed by atoms with Gasteiger partial charge in [0.15, 0.2) is 0 Å². The second-order valence-corrected chi connectivity index (χ2v) is 10.6. The Labute approximate surface area is 222 Å². The maximum absolute atomic E-state index is 14.1. The molecule has 0 aromatic rings. The summed E-state index contributed by atoms with van der Waals surface area (Å²) in [4.78, 5) is 44.7. The van der Waals surface area contributed by atoms with Crippen molar-refractivity contribution in [1.82, 2.24) is 9.80 Å². The van der Waals surface area contributed by atoms with E-state index in [1.165, 1.54) is 0 Å². The first-order chi connectivity index (χ1) is 18.0. The van der Waals surface area contributed by atoms with Gasteiger partial charge in [0.2, 0.25) is 11.8 Å². The van der Waals surface area contributed by atoms with Crippen molar-refractivity contribution in [2.75, 3.05) is 32.8 Å². The number of esters is 1. The number of allylic oxidation sites excluding steroid dienone is 1. The SMILES string of the molecule is C=CCCCCOC(=O)[C@@H]1[C@H]2C(=O)N(CCCCCO)C(C(=O)N(CC=C)CCCCC)C23CC[C@H]1O3. The van der Waals surface area contributed by atoms with Crippen molar-refractivity contribution in [3.63, 3.8) is 0 Å². The third-order valence-electron chi connectivity index (χ3n) is 8.10. The van der Waals surface area contributed by atoms with Gasteiger partial charge in [0.05, 0.1) is 24.5 Å². The molecule has 3 aliphatic heterocycles. The fourth-order valence-electron chi connectivity index (χ4n) is 6.34. The molecule has 0 saturated carbocycles. The maximum atomic E-state index is 14.1. The fraction of sp³-hybridized carbons (Fsp3) is 0.759. The minimum absolute atomic E-state index is 0.0961. The van der Waals surface area contributed by atoms with Crippen LogP contribution in [0.2, 0.25) is 0 Å². The Bertz CT molecular complexity index is 816. The molecular weight excluding hydrogens is 472 g/mol. The summed E-state index contributed by atoms with van der Waals surface area (Å²) in [6, 6.07) is -0.754. The number of hydrogen-bond acceptors (Lipinski definition) is 6. The molecular formula is C29H46N2O6. The van der Waals surface area contributed by atoms with Gasteiger partial charge in [-0.05, 0) is 57.8 Å². The van der Waals surface area contributed by atoms with Crippen LogP contribution in [0, 0.1) is 11.8 Å². The van der Waals surface area contributed by atoms with E-state index in [1.807, 2.05) is 6.08 Å². The van der Waals surface area contributed by atoms with Gasteiger partial charge in [0.1, 0.15) is 11.6 Å². The summed E-state index contributed by atoms with van der Waals surface area (Å²) in [7, 11) is 0. The number of amides is 2. The van der Waals surface area contributed by atoms with Crippen LogP contribution in [0.1, 0.15) is 77.6 Å². The lowest BCUT2D eigenvalue weighted by molar-refractivity contribution is -0.155. The zero-order valence-corrected chi connectivity index (χ0v) is 22.6. The molecule has 1 spiro atoms. The van der Waals surface area contributed by atoms with E-state index < -0.39 is 29.6 Å². The number of ether oxygens (including phenoxy) is 2. The molecule has 1 N–H and O–H groups in total. The molecule has 0 radical (unpaired) electrons. The molecule has 3 rings (SSSR count). The first-order valence-electron chi connectivity index (χ1n) is 14.2. The van der Waals surface area contributed by atoms with E-state index in [-0.39, 0.29) is 24.4 Å². The van der Waals surface area contributed by atoms with Crippen LogP contribution in [0.25, 0.3) is 0 Å². The Balaban J connectivity index is 1.84. The minimum Gasteiger partial charge on any atom is -0.465 e. The van der Waals surface area contributed by atoms with E-state index >= 15 is 0 Å². The zero-order valence-electron chi connectivity index (χ0n) is 22.6. The van der Waals surface area contributed by atoms with Crippen molar-refractivity contribution in [1.29, 1.82) is 0 Å². The molecule has 5 atom stereocenters. The number of aliphatic hydroxyl groups excluding tert-OH is 1. The first-order valence-corrected chi connectivity index (χ1v) is 14.2. The second kappa shape index (κ2) is 14.1. The summed E-state index contributed by atoms with van der Waals surface area (Å²) >= 11 is 0. The van der Waals surface area contributed by atoms with Gasteiger partial charge in [-0.2, -0.15) is 0 Å². The molecule has 8 heteroatoms. The highest BCUT2D eigenvalue weighted by molar-refractivity contribution is 5.98. The highest BCUT2D eigenvalue weighted by Gasteiger charge is 2.74. The summed E-state index contributed by atoms with van der Waals surface area (Å²) in [6.07, 6.45) is 11.9. The lowest BCUT2D eigenvalue weighted by atomic mass is 9.70. The Morgan fingerprint density at radius 3 is 2.68 bits per heavy atom. The Hall–Kier alpha value is -2.19. The predicted molar refractivity (Wildman–Crippen MR) is 142 cm³/mol. The number of carbonyl (C=O) groups excluding carboxylic acids is 3. The van der Waals surface area contributed by atoms with Crippen LogP contribution >= 0.6 is 0 Å². The van der Waals surface area contributed by atoms with Gasteiger partial charge in [-0.1, -0.05) is 31.9 Å². The molecule has 2 bridgehead atoms. The van der Waals surface area contributed by atoms with Gasteiger partial charge >= 0.3 is 5.97 Å². The largest absolute Gasteiger partial charge is 0.465 e. The molecule has 3 heterocycles. The molecule has 3 aliphatic rings. The van der Waals surface area contributed by atoms with Crippen molar-refractivity contribution in [2.45, 2.75) is 95.3 Å². The smallest absolute Gasteiger partial charge is 0.312 e. The van der Waals surface area contributed by atoms with Crippen LogP contribution in [0.15, 0.2) is 25.3 Å². The standard InChI is InChI=1S/C29H46N2O6/c1-4-7-9-14-21-36-28(35)23-22-15-16-29(37-22)24(23)26(33)31(19-12-10-13-20-32)25(29)27(34)30(17-6-3)18-11-8-5-2/h4,6,22-25,32H,1,3,5,7-21H2,2H3/t22-,23+,24+,25?,29?/m1/s1. The average molecular weight is 519 g/mol. The summed E-state index contributed by atoms with van der Waals surface area (Å²) in [5.41, 5.74) is -0.994. The predicted octanol–water partition coefficient (Wildman–Crippen LogP) is 3.63. The van der Waals surface area contributed by atoms with Crippen LogP contribution < -0.4 is 0 Å². The maximum Gasteiger partial charge on any atom is 0.312 e. The van der Waals surface area contributed by atoms with E-state index in [0.29, 0.717) is 51.9 Å². The topological polar surface area (TPSA) is 96.4 Å². The Morgan fingerprint density at radius 2 is 1.97 bits per heavy atom. The fourth-order valence-corrected chi connectivity index (χ4v) is 6.34. The van der Waals surface area contributed by atoms with E-state index in [4.69, 9.17) is 9.47 Å². The van der Waals surface area contributed by atoms with Crippen LogP contribution in [-0.2, 0) is 23.9 Å². The van der Waals surface area contributed by atoms with Crippen molar-refractivity contribution in [2.24, 2.45) is 11.8 Å². The van der Waals surface area contributed by atoms with E-state index in [0.717, 1.165) is 44.9 Å². The van der Waals surface area contributed by atoms with Gasteiger partial charge in [-0.15, -0.1) is 13.2 Å². The first kappa shape index (κ1) is 29.4. The average Bonchev–Trinajstić information content (AvgIpc) is 3.53. The molecule has 0 aromatic heterocycles. The summed E-state index contributed by atoms with van der Waals surface area (Å²) in [5, 5.41) is 9.19. The third-order valence-corrected chi connectivity index (χ3v) is 8.10. The van der Waals surface area contributed by atoms with Gasteiger partial charge in [0, 0.05) is 26.2 Å². The monoisotopic (exact) mass is 518 g/mol. The quantitative estimate of drug-likeness (QED) is 0.169. The minimum atomic E-state index is -0.994. The molecule has 208 valence electrons. The lowest BCUT2D eigenvalue weighted by Crippen LogP contribution is -2.56. The summed E-state index contributed by atoms with van der Waals surface area (Å²) in [6.45, 7) is 11.5. The van der Waals surface area contributed by atoms with Crippen LogP contribution in [0.3, 0.4) is 0 Å². The molecule has 37 heavy (non-hydrogen) atoms. The van der Waals surface area contributed by atoms with Crippen LogP contribution in [0.5, 0.6) is 0 Å². The van der Waals surface area contributed by atoms with Crippen molar-refractivity contribution in [3.05, 3.63) is 25.3 Å². The Kier molecular flexibility index (Phi) is 11.2. The number of rotatable bonds is 18. The number of fused-ring (bicyclic) bond motifs is 1. The second-order valence-electron chi connectivity index (χ2n) is 10.6. The van der Waals surface area contributed by atoms with E-state index in [1.54, 1.807) is 15.9 Å². The summed E-state index contributed by atoms with van der Waals surface area (Å²) in [5.74, 6) is -2.05. The van der Waals surface area contributed by atoms with Gasteiger partial charge in [0.25, 0.3) is 0 Å².